The number of benzene rings is 2. The summed E-state index contributed by atoms with van der Waals surface area (Å²) in [5, 5.41) is 9.90. The second-order valence-corrected chi connectivity index (χ2v) is 5.66. The molecule has 0 saturated heterocycles. The average Bonchev–Trinajstić information content (AvgIpc) is 2.63. The molecule has 8 heteroatoms. The third kappa shape index (κ3) is 3.62. The number of carbonyl (C=O) groups is 1. The van der Waals surface area contributed by atoms with Crippen molar-refractivity contribution in [2.75, 3.05) is 12.0 Å². The van der Waals surface area contributed by atoms with E-state index in [1.54, 1.807) is 24.3 Å². The van der Waals surface area contributed by atoms with Crippen LogP contribution in [-0.2, 0) is 6.54 Å². The summed E-state index contributed by atoms with van der Waals surface area (Å²) in [5.41, 5.74) is 5.85. The number of anilines is 1. The number of amides is 1. The summed E-state index contributed by atoms with van der Waals surface area (Å²) in [6.07, 6.45) is 0. The fourth-order valence-electron chi connectivity index (χ4n) is 2.38. The summed E-state index contributed by atoms with van der Waals surface area (Å²) < 4.78 is 1.13. The van der Waals surface area contributed by atoms with Crippen molar-refractivity contribution in [2.45, 2.75) is 6.54 Å². The van der Waals surface area contributed by atoms with Crippen molar-refractivity contribution in [3.63, 3.8) is 0 Å². The minimum absolute atomic E-state index is 0.0532. The molecule has 0 atom stereocenters. The molecule has 0 bridgehead atoms. The first-order valence-corrected chi connectivity index (χ1v) is 7.90. The molecule has 0 aliphatic carbocycles. The molecular weight excluding hydrogens is 344 g/mol. The SMILES string of the molecule is O=C(NNc1ccccc1)c1nc2ccc(Cl)cc2c(=O)n1CCO. The Balaban J connectivity index is 1.98. The number of hydrogen-bond acceptors (Lipinski definition) is 5. The van der Waals surface area contributed by atoms with E-state index in [0.717, 1.165) is 4.57 Å². The zero-order chi connectivity index (χ0) is 17.8. The average molecular weight is 359 g/mol. The molecular formula is C17H15ClN4O3. The van der Waals surface area contributed by atoms with E-state index in [0.29, 0.717) is 16.2 Å². The van der Waals surface area contributed by atoms with Gasteiger partial charge in [-0.3, -0.25) is 25.0 Å². The Morgan fingerprint density at radius 3 is 2.68 bits per heavy atom. The summed E-state index contributed by atoms with van der Waals surface area (Å²) in [4.78, 5) is 29.3. The number of rotatable bonds is 5. The van der Waals surface area contributed by atoms with Gasteiger partial charge < -0.3 is 5.11 Å². The van der Waals surface area contributed by atoms with E-state index >= 15 is 0 Å². The predicted molar refractivity (Wildman–Crippen MR) is 95.6 cm³/mol. The van der Waals surface area contributed by atoms with E-state index in [-0.39, 0.29) is 24.4 Å². The number of nitrogens with one attached hydrogen (secondary N) is 2. The van der Waals surface area contributed by atoms with Gasteiger partial charge in [0.25, 0.3) is 5.56 Å². The molecule has 25 heavy (non-hydrogen) atoms. The third-order valence-electron chi connectivity index (χ3n) is 3.54. The topological polar surface area (TPSA) is 96.3 Å². The molecule has 0 fully saturated rings. The van der Waals surface area contributed by atoms with Gasteiger partial charge in [-0.25, -0.2) is 4.98 Å². The Bertz CT molecular complexity index is 973. The van der Waals surface area contributed by atoms with Crippen molar-refractivity contribution in [3.8, 4) is 0 Å². The molecule has 3 N–H and O–H groups in total. The maximum Gasteiger partial charge on any atom is 0.305 e. The van der Waals surface area contributed by atoms with Crippen molar-refractivity contribution in [2.24, 2.45) is 0 Å². The summed E-state index contributed by atoms with van der Waals surface area (Å²) >= 11 is 5.93. The van der Waals surface area contributed by atoms with E-state index in [4.69, 9.17) is 11.6 Å². The molecule has 7 nitrogen and oxygen atoms in total. The molecule has 1 heterocycles. The Hall–Kier alpha value is -2.90. The van der Waals surface area contributed by atoms with Crippen molar-refractivity contribution in [1.29, 1.82) is 0 Å². The summed E-state index contributed by atoms with van der Waals surface area (Å²) in [7, 11) is 0. The maximum absolute atomic E-state index is 12.6. The fraction of sp³-hybridized carbons (Fsp3) is 0.118. The van der Waals surface area contributed by atoms with E-state index < -0.39 is 11.5 Å². The van der Waals surface area contributed by atoms with Crippen molar-refractivity contribution >= 4 is 34.1 Å². The number of aliphatic hydroxyl groups excluding tert-OH is 1. The first-order valence-electron chi connectivity index (χ1n) is 7.52. The predicted octanol–water partition coefficient (Wildman–Crippen LogP) is 1.80. The number of carbonyl (C=O) groups excluding carboxylic acids is 1. The molecule has 2 aromatic carbocycles. The van der Waals surface area contributed by atoms with Crippen LogP contribution in [0.4, 0.5) is 5.69 Å². The van der Waals surface area contributed by atoms with Gasteiger partial charge in [-0.05, 0) is 30.3 Å². The molecule has 1 amide bonds. The lowest BCUT2D eigenvalue weighted by molar-refractivity contribution is 0.0945. The zero-order valence-electron chi connectivity index (χ0n) is 13.1. The van der Waals surface area contributed by atoms with Crippen LogP contribution in [0.15, 0.2) is 53.3 Å². The van der Waals surface area contributed by atoms with Gasteiger partial charge in [0, 0.05) is 5.02 Å². The highest BCUT2D eigenvalue weighted by molar-refractivity contribution is 6.31. The van der Waals surface area contributed by atoms with Crippen LogP contribution >= 0.6 is 11.6 Å². The van der Waals surface area contributed by atoms with E-state index in [9.17, 15) is 14.7 Å². The Kier molecular flexibility index (Phi) is 4.97. The number of aliphatic hydroxyl groups is 1. The van der Waals surface area contributed by atoms with Crippen molar-refractivity contribution in [1.82, 2.24) is 15.0 Å². The van der Waals surface area contributed by atoms with E-state index in [2.05, 4.69) is 15.8 Å². The van der Waals surface area contributed by atoms with Crippen LogP contribution in [0, 0.1) is 0 Å². The van der Waals surface area contributed by atoms with Crippen LogP contribution < -0.4 is 16.4 Å². The van der Waals surface area contributed by atoms with Gasteiger partial charge in [-0.1, -0.05) is 29.8 Å². The van der Waals surface area contributed by atoms with Gasteiger partial charge in [-0.2, -0.15) is 0 Å². The minimum atomic E-state index is -0.591. The van der Waals surface area contributed by atoms with Gasteiger partial charge in [0.2, 0.25) is 5.82 Å². The van der Waals surface area contributed by atoms with Gasteiger partial charge in [0.15, 0.2) is 0 Å². The lowest BCUT2D eigenvalue weighted by atomic mass is 10.2. The summed E-state index contributed by atoms with van der Waals surface area (Å²) in [6, 6.07) is 13.7. The van der Waals surface area contributed by atoms with Gasteiger partial charge >= 0.3 is 5.91 Å². The van der Waals surface area contributed by atoms with Crippen LogP contribution in [0.2, 0.25) is 5.02 Å². The Morgan fingerprint density at radius 2 is 1.96 bits per heavy atom. The number of para-hydroxylation sites is 1. The third-order valence-corrected chi connectivity index (χ3v) is 3.77. The van der Waals surface area contributed by atoms with Gasteiger partial charge in [-0.15, -0.1) is 0 Å². The molecule has 0 spiro atoms. The second kappa shape index (κ2) is 7.33. The van der Waals surface area contributed by atoms with E-state index in [1.807, 2.05) is 18.2 Å². The summed E-state index contributed by atoms with van der Waals surface area (Å²) in [5.74, 6) is -0.691. The highest BCUT2D eigenvalue weighted by Crippen LogP contribution is 2.15. The number of halogens is 1. The number of fused-ring (bicyclic) bond motifs is 1. The Morgan fingerprint density at radius 1 is 1.20 bits per heavy atom. The standard InChI is InChI=1S/C17H15ClN4O3/c18-11-6-7-14-13(10-11)17(25)22(8-9-23)15(19-14)16(24)21-20-12-4-2-1-3-5-12/h1-7,10,20,23H,8-9H2,(H,21,24). The normalized spacial score (nSPS) is 10.6. The van der Waals surface area contributed by atoms with Crippen LogP contribution in [0.1, 0.15) is 10.6 Å². The molecule has 0 saturated carbocycles. The molecule has 128 valence electrons. The van der Waals surface area contributed by atoms with Gasteiger partial charge in [0.05, 0.1) is 29.7 Å². The lowest BCUT2D eigenvalue weighted by Crippen LogP contribution is -2.37. The Labute approximate surface area is 147 Å². The molecule has 3 aromatic rings. The molecule has 3 rings (SSSR count). The van der Waals surface area contributed by atoms with Crippen LogP contribution in [0.5, 0.6) is 0 Å². The summed E-state index contributed by atoms with van der Waals surface area (Å²) in [6.45, 7) is -0.359. The fourth-order valence-corrected chi connectivity index (χ4v) is 2.55. The van der Waals surface area contributed by atoms with Crippen molar-refractivity contribution < 1.29 is 9.90 Å². The zero-order valence-corrected chi connectivity index (χ0v) is 13.8. The minimum Gasteiger partial charge on any atom is -0.395 e. The first-order chi connectivity index (χ1) is 12.1. The van der Waals surface area contributed by atoms with Crippen molar-refractivity contribution in [3.05, 3.63) is 69.7 Å². The lowest BCUT2D eigenvalue weighted by Gasteiger charge is -2.13. The molecule has 0 radical (unpaired) electrons. The highest BCUT2D eigenvalue weighted by atomic mass is 35.5. The monoisotopic (exact) mass is 358 g/mol. The molecule has 0 unspecified atom stereocenters. The largest absolute Gasteiger partial charge is 0.395 e. The molecule has 1 aromatic heterocycles. The quantitative estimate of drug-likeness (QED) is 0.604. The van der Waals surface area contributed by atoms with E-state index in [1.165, 1.54) is 6.07 Å². The molecule has 0 aliphatic rings. The van der Waals surface area contributed by atoms with Gasteiger partial charge in [0.1, 0.15) is 0 Å². The first kappa shape index (κ1) is 16.9. The number of hydrogen-bond donors (Lipinski definition) is 3. The smallest absolute Gasteiger partial charge is 0.305 e. The number of nitrogens with zero attached hydrogens (tertiary/aromatic N) is 2. The maximum atomic E-state index is 12.6. The van der Waals surface area contributed by atoms with Crippen LogP contribution in [-0.4, -0.2) is 27.2 Å². The highest BCUT2D eigenvalue weighted by Gasteiger charge is 2.17. The molecule has 0 aliphatic heterocycles. The van der Waals surface area contributed by atoms with Crippen LogP contribution in [0.25, 0.3) is 10.9 Å². The second-order valence-electron chi connectivity index (χ2n) is 5.22. The van der Waals surface area contributed by atoms with Crippen LogP contribution in [0.3, 0.4) is 0 Å². The number of hydrazine groups is 1. The number of aromatic nitrogens is 2.